The fourth-order valence-corrected chi connectivity index (χ4v) is 2.65. The quantitative estimate of drug-likeness (QED) is 0.647. The largest absolute Gasteiger partial charge is 0.493 e. The molecule has 0 aliphatic heterocycles. The van der Waals surface area contributed by atoms with E-state index in [4.69, 9.17) is 14.2 Å². The van der Waals surface area contributed by atoms with E-state index < -0.39 is 18.0 Å². The molecule has 2 rings (SSSR count). The van der Waals surface area contributed by atoms with Crippen LogP contribution in [0.4, 0.5) is 4.39 Å². The fraction of sp³-hybridized carbons (Fsp3) is 0.333. The number of likely N-dealkylation sites (N-methyl/N-ethyl adjacent to an activating group) is 1. The van der Waals surface area contributed by atoms with Gasteiger partial charge in [0.25, 0.3) is 5.91 Å². The molecule has 0 heterocycles. The van der Waals surface area contributed by atoms with E-state index >= 15 is 0 Å². The Hall–Kier alpha value is -3.09. The lowest BCUT2D eigenvalue weighted by Crippen LogP contribution is -2.37. The molecule has 1 unspecified atom stereocenters. The maximum Gasteiger partial charge on any atom is 0.339 e. The van der Waals surface area contributed by atoms with Crippen LogP contribution in [0, 0.1) is 5.82 Å². The lowest BCUT2D eigenvalue weighted by molar-refractivity contribution is -0.139. The third-order valence-corrected chi connectivity index (χ3v) is 4.02. The van der Waals surface area contributed by atoms with Crippen molar-refractivity contribution in [2.24, 2.45) is 0 Å². The molecule has 6 nitrogen and oxygen atoms in total. The number of halogens is 1. The molecule has 0 spiro atoms. The van der Waals surface area contributed by atoms with Crippen LogP contribution >= 0.6 is 0 Å². The molecule has 2 aromatic carbocycles. The highest BCUT2D eigenvalue weighted by Gasteiger charge is 2.23. The van der Waals surface area contributed by atoms with Gasteiger partial charge in [-0.25, -0.2) is 9.18 Å². The number of ether oxygens (including phenoxy) is 3. The lowest BCUT2D eigenvalue weighted by atomic mass is 10.2. The zero-order valence-electron chi connectivity index (χ0n) is 16.4. The number of nitrogens with zero attached hydrogens (tertiary/aromatic N) is 1. The Balaban J connectivity index is 2.02. The van der Waals surface area contributed by atoms with Gasteiger partial charge >= 0.3 is 5.97 Å². The maximum atomic E-state index is 13.3. The minimum atomic E-state index is -0.997. The van der Waals surface area contributed by atoms with E-state index in [-0.39, 0.29) is 17.9 Å². The predicted octanol–water partition coefficient (Wildman–Crippen LogP) is 3.44. The number of amides is 1. The highest BCUT2D eigenvalue weighted by molar-refractivity contribution is 5.92. The van der Waals surface area contributed by atoms with Gasteiger partial charge < -0.3 is 19.1 Å². The summed E-state index contributed by atoms with van der Waals surface area (Å²) < 4.78 is 29.2. The molecule has 1 atom stereocenters. The van der Waals surface area contributed by atoms with E-state index in [1.54, 1.807) is 25.2 Å². The van der Waals surface area contributed by atoms with Gasteiger partial charge in [-0.05, 0) is 49.7 Å². The standard InChI is InChI=1S/C21H24FNO5/c1-5-27-19-12-16(9-10-18(19)26-4)21(25)28-14(2)20(24)23(3)13-15-7-6-8-17(22)11-15/h6-12,14H,5,13H2,1-4H3. The third kappa shape index (κ3) is 5.45. The minimum absolute atomic E-state index is 0.204. The van der Waals surface area contributed by atoms with E-state index in [9.17, 15) is 14.0 Å². The van der Waals surface area contributed by atoms with Crippen molar-refractivity contribution in [3.8, 4) is 11.5 Å². The van der Waals surface area contributed by atoms with Crippen molar-refractivity contribution in [3.63, 3.8) is 0 Å². The Labute approximate surface area is 163 Å². The number of methoxy groups -OCH3 is 1. The van der Waals surface area contributed by atoms with Crippen molar-refractivity contribution in [2.45, 2.75) is 26.5 Å². The Kier molecular flexibility index (Phi) is 7.37. The SMILES string of the molecule is CCOc1cc(C(=O)OC(C)C(=O)N(C)Cc2cccc(F)c2)ccc1OC. The molecule has 0 N–H and O–H groups in total. The summed E-state index contributed by atoms with van der Waals surface area (Å²) in [5.41, 5.74) is 0.891. The first-order chi connectivity index (χ1) is 13.3. The van der Waals surface area contributed by atoms with Gasteiger partial charge in [-0.3, -0.25) is 4.79 Å². The highest BCUT2D eigenvalue weighted by atomic mass is 19.1. The normalized spacial score (nSPS) is 11.5. The molecule has 2 aromatic rings. The summed E-state index contributed by atoms with van der Waals surface area (Å²) >= 11 is 0. The smallest absolute Gasteiger partial charge is 0.339 e. The first-order valence-corrected chi connectivity index (χ1v) is 8.87. The predicted molar refractivity (Wildman–Crippen MR) is 102 cm³/mol. The van der Waals surface area contributed by atoms with Gasteiger partial charge in [0, 0.05) is 13.6 Å². The summed E-state index contributed by atoms with van der Waals surface area (Å²) in [7, 11) is 3.07. The van der Waals surface area contributed by atoms with Crippen molar-refractivity contribution in [3.05, 3.63) is 59.4 Å². The van der Waals surface area contributed by atoms with E-state index in [2.05, 4.69) is 0 Å². The van der Waals surface area contributed by atoms with Crippen molar-refractivity contribution in [1.29, 1.82) is 0 Å². The van der Waals surface area contributed by atoms with Crippen LogP contribution in [0.15, 0.2) is 42.5 Å². The number of carbonyl (C=O) groups is 2. The van der Waals surface area contributed by atoms with Crippen molar-refractivity contribution in [2.75, 3.05) is 20.8 Å². The highest BCUT2D eigenvalue weighted by Crippen LogP contribution is 2.28. The lowest BCUT2D eigenvalue weighted by Gasteiger charge is -2.21. The Morgan fingerprint density at radius 3 is 2.54 bits per heavy atom. The summed E-state index contributed by atoms with van der Waals surface area (Å²) in [6.45, 7) is 3.93. The van der Waals surface area contributed by atoms with Crippen molar-refractivity contribution in [1.82, 2.24) is 4.90 Å². The monoisotopic (exact) mass is 389 g/mol. The topological polar surface area (TPSA) is 65.1 Å². The van der Waals surface area contributed by atoms with Crippen LogP contribution < -0.4 is 9.47 Å². The van der Waals surface area contributed by atoms with Crippen LogP contribution in [0.3, 0.4) is 0 Å². The molecule has 1 amide bonds. The Morgan fingerprint density at radius 2 is 1.89 bits per heavy atom. The molecule has 0 aromatic heterocycles. The van der Waals surface area contributed by atoms with E-state index in [1.807, 2.05) is 6.92 Å². The minimum Gasteiger partial charge on any atom is -0.493 e. The Bertz CT molecular complexity index is 839. The van der Waals surface area contributed by atoms with E-state index in [0.29, 0.717) is 23.7 Å². The summed E-state index contributed by atoms with van der Waals surface area (Å²) in [6, 6.07) is 10.6. The molecule has 0 saturated heterocycles. The molecule has 0 saturated carbocycles. The average Bonchev–Trinajstić information content (AvgIpc) is 2.67. The third-order valence-electron chi connectivity index (χ3n) is 4.02. The number of esters is 1. The molecule has 7 heteroatoms. The van der Waals surface area contributed by atoms with Crippen LogP contribution in [0.2, 0.25) is 0 Å². The van der Waals surface area contributed by atoms with Crippen LogP contribution in [0.1, 0.15) is 29.8 Å². The molecule has 0 aliphatic rings. The second-order valence-electron chi connectivity index (χ2n) is 6.17. The number of hydrogen-bond donors (Lipinski definition) is 0. The number of benzene rings is 2. The summed E-state index contributed by atoms with van der Waals surface area (Å²) in [5, 5.41) is 0. The number of rotatable bonds is 8. The average molecular weight is 389 g/mol. The first kappa shape index (κ1) is 21.2. The molecule has 0 bridgehead atoms. The van der Waals surface area contributed by atoms with Gasteiger partial charge in [-0.2, -0.15) is 0 Å². The zero-order chi connectivity index (χ0) is 20.7. The van der Waals surface area contributed by atoms with E-state index in [1.165, 1.54) is 43.2 Å². The van der Waals surface area contributed by atoms with Gasteiger partial charge in [0.15, 0.2) is 17.6 Å². The summed E-state index contributed by atoms with van der Waals surface area (Å²) in [4.78, 5) is 26.3. The molecule has 0 aliphatic carbocycles. The van der Waals surface area contributed by atoms with Crippen molar-refractivity contribution < 1.29 is 28.2 Å². The van der Waals surface area contributed by atoms with Crippen LogP contribution in [-0.2, 0) is 16.1 Å². The molecule has 0 fully saturated rings. The Morgan fingerprint density at radius 1 is 1.14 bits per heavy atom. The second kappa shape index (κ2) is 9.73. The fourth-order valence-electron chi connectivity index (χ4n) is 2.65. The van der Waals surface area contributed by atoms with Gasteiger partial charge in [0.05, 0.1) is 19.3 Å². The summed E-state index contributed by atoms with van der Waals surface area (Å²) in [6.07, 6.45) is -0.997. The van der Waals surface area contributed by atoms with Gasteiger partial charge in [0.2, 0.25) is 0 Å². The van der Waals surface area contributed by atoms with Gasteiger partial charge in [0.1, 0.15) is 5.82 Å². The molecule has 28 heavy (non-hydrogen) atoms. The molecule has 150 valence electrons. The van der Waals surface area contributed by atoms with Crippen LogP contribution in [0.25, 0.3) is 0 Å². The molecular formula is C21H24FNO5. The maximum absolute atomic E-state index is 13.3. The first-order valence-electron chi connectivity index (χ1n) is 8.87. The number of hydrogen-bond acceptors (Lipinski definition) is 5. The van der Waals surface area contributed by atoms with Crippen LogP contribution in [-0.4, -0.2) is 43.6 Å². The number of carbonyl (C=O) groups excluding carboxylic acids is 2. The van der Waals surface area contributed by atoms with Gasteiger partial charge in [-0.15, -0.1) is 0 Å². The second-order valence-corrected chi connectivity index (χ2v) is 6.17. The summed E-state index contributed by atoms with van der Waals surface area (Å²) in [5.74, 6) is -0.499. The van der Waals surface area contributed by atoms with Crippen molar-refractivity contribution >= 4 is 11.9 Å². The zero-order valence-corrected chi connectivity index (χ0v) is 16.4. The van der Waals surface area contributed by atoms with Gasteiger partial charge in [-0.1, -0.05) is 12.1 Å². The van der Waals surface area contributed by atoms with E-state index in [0.717, 1.165) is 0 Å². The molecule has 0 radical (unpaired) electrons. The molecular weight excluding hydrogens is 365 g/mol. The van der Waals surface area contributed by atoms with Crippen LogP contribution in [0.5, 0.6) is 11.5 Å².